The molecule has 1 heterocycles. The van der Waals surface area contributed by atoms with E-state index in [9.17, 15) is 8.42 Å². The highest BCUT2D eigenvalue weighted by Gasteiger charge is 2.10. The molecule has 0 amide bonds. The number of hydrogen-bond acceptors (Lipinski definition) is 4. The molecule has 0 unspecified atom stereocenters. The van der Waals surface area contributed by atoms with Gasteiger partial charge in [0.15, 0.2) is 15.8 Å². The van der Waals surface area contributed by atoms with Crippen LogP contribution in [-0.2, 0) is 22.9 Å². The molecule has 0 aliphatic carbocycles. The summed E-state index contributed by atoms with van der Waals surface area (Å²) in [5, 5.41) is 6.50. The quantitative estimate of drug-likeness (QED) is 0.440. The number of hydrogen-bond donors (Lipinski definition) is 2. The van der Waals surface area contributed by atoms with Gasteiger partial charge in [-0.05, 0) is 30.5 Å². The summed E-state index contributed by atoms with van der Waals surface area (Å²) in [5.74, 6) is 0.718. The molecular formula is C17H25N5O2S. The van der Waals surface area contributed by atoms with Gasteiger partial charge in [0.25, 0.3) is 0 Å². The van der Waals surface area contributed by atoms with Crippen LogP contribution in [0.3, 0.4) is 0 Å². The average molecular weight is 363 g/mol. The minimum atomic E-state index is -3.18. The largest absolute Gasteiger partial charge is 0.356 e. The number of imidazole rings is 1. The zero-order chi connectivity index (χ0) is 18.3. The van der Waals surface area contributed by atoms with Gasteiger partial charge < -0.3 is 15.2 Å². The Kier molecular flexibility index (Phi) is 6.58. The monoisotopic (exact) mass is 363 g/mol. The predicted molar refractivity (Wildman–Crippen MR) is 99.3 cm³/mol. The van der Waals surface area contributed by atoms with E-state index in [2.05, 4.69) is 20.6 Å². The number of guanidine groups is 1. The number of sulfone groups is 1. The summed E-state index contributed by atoms with van der Waals surface area (Å²) in [6, 6.07) is 5.36. The molecule has 0 saturated heterocycles. The van der Waals surface area contributed by atoms with Crippen molar-refractivity contribution in [3.05, 3.63) is 48.0 Å². The zero-order valence-corrected chi connectivity index (χ0v) is 15.7. The van der Waals surface area contributed by atoms with Crippen LogP contribution in [0.4, 0.5) is 0 Å². The molecule has 0 fully saturated rings. The van der Waals surface area contributed by atoms with Crippen molar-refractivity contribution < 1.29 is 8.42 Å². The summed E-state index contributed by atoms with van der Waals surface area (Å²) >= 11 is 0. The van der Waals surface area contributed by atoms with Gasteiger partial charge in [-0.15, -0.1) is 0 Å². The Bertz CT molecular complexity index is 814. The minimum absolute atomic E-state index is 0.373. The summed E-state index contributed by atoms with van der Waals surface area (Å²) in [6.45, 7) is 4.08. The first-order chi connectivity index (χ1) is 11.9. The van der Waals surface area contributed by atoms with E-state index in [-0.39, 0.29) is 0 Å². The fourth-order valence-electron chi connectivity index (χ4n) is 2.53. The number of benzene rings is 1. The van der Waals surface area contributed by atoms with Gasteiger partial charge in [0.1, 0.15) is 0 Å². The van der Waals surface area contributed by atoms with Crippen molar-refractivity contribution in [1.29, 1.82) is 0 Å². The highest BCUT2D eigenvalue weighted by Crippen LogP contribution is 2.16. The molecule has 25 heavy (non-hydrogen) atoms. The van der Waals surface area contributed by atoms with Crippen LogP contribution in [0.5, 0.6) is 0 Å². The molecule has 0 aliphatic rings. The van der Waals surface area contributed by atoms with Crippen LogP contribution in [0.2, 0.25) is 0 Å². The Hall–Kier alpha value is -2.35. The second-order valence-electron chi connectivity index (χ2n) is 5.88. The van der Waals surface area contributed by atoms with Crippen LogP contribution in [0.15, 0.2) is 46.8 Å². The molecule has 0 aliphatic heterocycles. The number of nitrogens with zero attached hydrogens (tertiary/aromatic N) is 3. The Morgan fingerprint density at radius 1 is 1.32 bits per heavy atom. The van der Waals surface area contributed by atoms with Crippen LogP contribution in [0.1, 0.15) is 17.5 Å². The SMILES string of the molecule is CN=C(NCCCn1ccnc1)NCc1ccc(S(C)(=O)=O)c(C)c1. The third-order valence-corrected chi connectivity index (χ3v) is 5.02. The Morgan fingerprint density at radius 3 is 2.72 bits per heavy atom. The maximum atomic E-state index is 11.7. The summed E-state index contributed by atoms with van der Waals surface area (Å²) < 4.78 is 25.3. The van der Waals surface area contributed by atoms with Crippen molar-refractivity contribution in [2.24, 2.45) is 4.99 Å². The summed E-state index contributed by atoms with van der Waals surface area (Å²) in [5.41, 5.74) is 1.76. The summed E-state index contributed by atoms with van der Waals surface area (Å²) in [4.78, 5) is 8.58. The van der Waals surface area contributed by atoms with Crippen molar-refractivity contribution in [2.75, 3.05) is 19.8 Å². The lowest BCUT2D eigenvalue weighted by Crippen LogP contribution is -2.37. The van der Waals surface area contributed by atoms with Crippen LogP contribution in [0, 0.1) is 6.92 Å². The number of rotatable bonds is 7. The molecule has 2 aromatic rings. The smallest absolute Gasteiger partial charge is 0.191 e. The Labute approximate surface area is 149 Å². The Morgan fingerprint density at radius 2 is 2.12 bits per heavy atom. The second-order valence-corrected chi connectivity index (χ2v) is 7.86. The highest BCUT2D eigenvalue weighted by atomic mass is 32.2. The summed E-state index contributed by atoms with van der Waals surface area (Å²) in [7, 11) is -1.46. The molecular weight excluding hydrogens is 338 g/mol. The van der Waals surface area contributed by atoms with Crippen molar-refractivity contribution >= 4 is 15.8 Å². The normalized spacial score (nSPS) is 12.2. The van der Waals surface area contributed by atoms with Gasteiger partial charge in [-0.2, -0.15) is 0 Å². The van der Waals surface area contributed by atoms with E-state index in [1.807, 2.05) is 29.8 Å². The lowest BCUT2D eigenvalue weighted by atomic mass is 10.1. The lowest BCUT2D eigenvalue weighted by Gasteiger charge is -2.13. The number of aliphatic imine (C=N–C) groups is 1. The minimum Gasteiger partial charge on any atom is -0.356 e. The first kappa shape index (κ1) is 19.0. The second kappa shape index (κ2) is 8.66. The van der Waals surface area contributed by atoms with Crippen LogP contribution in [0.25, 0.3) is 0 Å². The summed E-state index contributed by atoms with van der Waals surface area (Å²) in [6.07, 6.45) is 7.69. The fourth-order valence-corrected chi connectivity index (χ4v) is 3.49. The molecule has 0 spiro atoms. The van der Waals surface area contributed by atoms with Gasteiger partial charge in [0, 0.05) is 45.3 Å². The standard InChI is InChI=1S/C17H25N5O2S/c1-14-11-15(5-6-16(14)25(3,23)24)12-21-17(18-2)20-7-4-9-22-10-8-19-13-22/h5-6,8,10-11,13H,4,7,9,12H2,1-3H3,(H2,18,20,21). The number of nitrogens with one attached hydrogen (secondary N) is 2. The maximum absolute atomic E-state index is 11.7. The first-order valence-corrected chi connectivity index (χ1v) is 9.99. The molecule has 0 atom stereocenters. The van der Waals surface area contributed by atoms with Gasteiger partial charge in [-0.3, -0.25) is 4.99 Å². The molecule has 136 valence electrons. The number of aryl methyl sites for hydroxylation is 2. The third kappa shape index (κ3) is 5.90. The molecule has 2 N–H and O–H groups in total. The molecule has 2 rings (SSSR count). The van der Waals surface area contributed by atoms with Crippen LogP contribution >= 0.6 is 0 Å². The van der Waals surface area contributed by atoms with Crippen molar-refractivity contribution in [3.63, 3.8) is 0 Å². The average Bonchev–Trinajstić information content (AvgIpc) is 3.06. The molecule has 0 bridgehead atoms. The van der Waals surface area contributed by atoms with Crippen LogP contribution < -0.4 is 10.6 Å². The zero-order valence-electron chi connectivity index (χ0n) is 14.9. The molecule has 0 saturated carbocycles. The molecule has 8 heteroatoms. The molecule has 7 nitrogen and oxygen atoms in total. The van der Waals surface area contributed by atoms with E-state index in [1.54, 1.807) is 25.6 Å². The maximum Gasteiger partial charge on any atom is 0.191 e. The van der Waals surface area contributed by atoms with Gasteiger partial charge in [0.05, 0.1) is 11.2 Å². The molecule has 0 radical (unpaired) electrons. The lowest BCUT2D eigenvalue weighted by molar-refractivity contribution is 0.601. The van der Waals surface area contributed by atoms with Crippen molar-refractivity contribution in [3.8, 4) is 0 Å². The molecule has 1 aromatic carbocycles. The van der Waals surface area contributed by atoms with E-state index < -0.39 is 9.84 Å². The van der Waals surface area contributed by atoms with Gasteiger partial charge in [0.2, 0.25) is 0 Å². The van der Waals surface area contributed by atoms with Crippen molar-refractivity contribution in [1.82, 2.24) is 20.2 Å². The van der Waals surface area contributed by atoms with E-state index in [0.29, 0.717) is 11.4 Å². The van der Waals surface area contributed by atoms with Crippen molar-refractivity contribution in [2.45, 2.75) is 31.3 Å². The van der Waals surface area contributed by atoms with E-state index in [0.717, 1.165) is 36.6 Å². The van der Waals surface area contributed by atoms with E-state index >= 15 is 0 Å². The Balaban J connectivity index is 1.81. The predicted octanol–water partition coefficient (Wildman–Crippen LogP) is 1.35. The van der Waals surface area contributed by atoms with E-state index in [1.165, 1.54) is 6.26 Å². The first-order valence-electron chi connectivity index (χ1n) is 8.10. The number of aromatic nitrogens is 2. The van der Waals surface area contributed by atoms with Gasteiger partial charge in [-0.25, -0.2) is 13.4 Å². The fraction of sp³-hybridized carbons (Fsp3) is 0.412. The van der Waals surface area contributed by atoms with Crippen LogP contribution in [-0.4, -0.2) is 43.8 Å². The third-order valence-electron chi connectivity index (χ3n) is 3.77. The van der Waals surface area contributed by atoms with E-state index in [4.69, 9.17) is 0 Å². The van der Waals surface area contributed by atoms with Gasteiger partial charge in [-0.1, -0.05) is 12.1 Å². The molecule has 1 aromatic heterocycles. The van der Waals surface area contributed by atoms with Gasteiger partial charge >= 0.3 is 0 Å². The topological polar surface area (TPSA) is 88.4 Å². The highest BCUT2D eigenvalue weighted by molar-refractivity contribution is 7.90.